The van der Waals surface area contributed by atoms with Gasteiger partial charge in [0.2, 0.25) is 0 Å². The van der Waals surface area contributed by atoms with Crippen LogP contribution in [0.3, 0.4) is 0 Å². The SMILES string of the molecule is CC(C)CC(C(C)C)C1CCCCC1. The largest absolute Gasteiger partial charge is 0.0628 e. The van der Waals surface area contributed by atoms with Crippen molar-refractivity contribution in [3.05, 3.63) is 0 Å². The standard InChI is InChI=1S/C14H28/c1-11(2)10-14(12(3)4)13-8-6-5-7-9-13/h11-14H,5-10H2,1-4H3. The smallest absolute Gasteiger partial charge is 0.0360 e. The van der Waals surface area contributed by atoms with Crippen molar-refractivity contribution in [3.8, 4) is 0 Å². The molecule has 14 heavy (non-hydrogen) atoms. The van der Waals surface area contributed by atoms with Gasteiger partial charge in [-0.2, -0.15) is 0 Å². The minimum atomic E-state index is 0.879. The summed E-state index contributed by atoms with van der Waals surface area (Å²) in [7, 11) is 0. The van der Waals surface area contributed by atoms with E-state index in [1.54, 1.807) is 0 Å². The quantitative estimate of drug-likeness (QED) is 0.601. The van der Waals surface area contributed by atoms with E-state index in [4.69, 9.17) is 0 Å². The fourth-order valence-corrected chi connectivity index (χ4v) is 3.12. The van der Waals surface area contributed by atoms with Gasteiger partial charge in [0.05, 0.1) is 0 Å². The lowest BCUT2D eigenvalue weighted by Gasteiger charge is -2.34. The van der Waals surface area contributed by atoms with E-state index >= 15 is 0 Å². The molecule has 1 aliphatic carbocycles. The summed E-state index contributed by atoms with van der Waals surface area (Å²) in [4.78, 5) is 0. The predicted octanol–water partition coefficient (Wildman–Crippen LogP) is 4.89. The summed E-state index contributed by atoms with van der Waals surface area (Å²) in [6.45, 7) is 9.58. The van der Waals surface area contributed by atoms with Gasteiger partial charge in [-0.25, -0.2) is 0 Å². The van der Waals surface area contributed by atoms with Gasteiger partial charge in [-0.05, 0) is 30.1 Å². The summed E-state index contributed by atoms with van der Waals surface area (Å²) in [5.41, 5.74) is 0. The molecule has 84 valence electrons. The highest BCUT2D eigenvalue weighted by atomic mass is 14.3. The fourth-order valence-electron chi connectivity index (χ4n) is 3.12. The lowest BCUT2D eigenvalue weighted by molar-refractivity contribution is 0.168. The second kappa shape index (κ2) is 5.78. The summed E-state index contributed by atoms with van der Waals surface area (Å²) in [5, 5.41) is 0. The van der Waals surface area contributed by atoms with Crippen molar-refractivity contribution in [2.24, 2.45) is 23.7 Å². The van der Waals surface area contributed by atoms with E-state index in [9.17, 15) is 0 Å². The maximum absolute atomic E-state index is 2.42. The van der Waals surface area contributed by atoms with Crippen LogP contribution in [0.5, 0.6) is 0 Å². The summed E-state index contributed by atoms with van der Waals surface area (Å²) in [6, 6.07) is 0. The highest BCUT2D eigenvalue weighted by Crippen LogP contribution is 2.37. The van der Waals surface area contributed by atoms with Crippen molar-refractivity contribution >= 4 is 0 Å². The molecule has 1 rings (SSSR count). The zero-order valence-corrected chi connectivity index (χ0v) is 10.6. The van der Waals surface area contributed by atoms with Crippen LogP contribution in [0.1, 0.15) is 66.2 Å². The van der Waals surface area contributed by atoms with Gasteiger partial charge in [0, 0.05) is 0 Å². The van der Waals surface area contributed by atoms with Crippen LogP contribution in [0.4, 0.5) is 0 Å². The zero-order valence-electron chi connectivity index (χ0n) is 10.6. The van der Waals surface area contributed by atoms with Gasteiger partial charge in [-0.3, -0.25) is 0 Å². The van der Waals surface area contributed by atoms with E-state index < -0.39 is 0 Å². The van der Waals surface area contributed by atoms with Gasteiger partial charge < -0.3 is 0 Å². The average molecular weight is 196 g/mol. The summed E-state index contributed by atoms with van der Waals surface area (Å²) in [5.74, 6) is 3.81. The predicted molar refractivity (Wildman–Crippen MR) is 64.4 cm³/mol. The average Bonchev–Trinajstić information content (AvgIpc) is 2.15. The van der Waals surface area contributed by atoms with Gasteiger partial charge in [0.15, 0.2) is 0 Å². The molecule has 0 bridgehead atoms. The molecule has 1 saturated carbocycles. The van der Waals surface area contributed by atoms with Crippen LogP contribution in [-0.4, -0.2) is 0 Å². The van der Waals surface area contributed by atoms with Crippen LogP contribution >= 0.6 is 0 Å². The molecule has 1 fully saturated rings. The second-order valence-corrected chi connectivity index (χ2v) is 5.94. The van der Waals surface area contributed by atoms with Gasteiger partial charge >= 0.3 is 0 Å². The van der Waals surface area contributed by atoms with Crippen LogP contribution in [-0.2, 0) is 0 Å². The normalized spacial score (nSPS) is 21.9. The molecule has 0 radical (unpaired) electrons. The third kappa shape index (κ3) is 3.63. The minimum Gasteiger partial charge on any atom is -0.0628 e. The van der Waals surface area contributed by atoms with Gasteiger partial charge in [-0.1, -0.05) is 59.8 Å². The van der Waals surface area contributed by atoms with Crippen LogP contribution < -0.4 is 0 Å². The Labute approximate surface area is 90.5 Å². The first-order chi connectivity index (χ1) is 6.61. The first-order valence-electron chi connectivity index (χ1n) is 6.61. The molecule has 0 aromatic carbocycles. The Balaban J connectivity index is 2.47. The summed E-state index contributed by atoms with van der Waals surface area (Å²) >= 11 is 0. The van der Waals surface area contributed by atoms with Crippen LogP contribution in [0, 0.1) is 23.7 Å². The Bertz CT molecular complexity index is 140. The van der Waals surface area contributed by atoms with Crippen molar-refractivity contribution in [2.75, 3.05) is 0 Å². The highest BCUT2D eigenvalue weighted by molar-refractivity contribution is 4.77. The monoisotopic (exact) mass is 196 g/mol. The van der Waals surface area contributed by atoms with E-state index in [2.05, 4.69) is 27.7 Å². The topological polar surface area (TPSA) is 0 Å². The van der Waals surface area contributed by atoms with Crippen molar-refractivity contribution in [1.29, 1.82) is 0 Å². The first-order valence-corrected chi connectivity index (χ1v) is 6.61. The van der Waals surface area contributed by atoms with Gasteiger partial charge in [0.25, 0.3) is 0 Å². The molecule has 0 amide bonds. The molecule has 1 atom stereocenters. The number of rotatable bonds is 4. The molecular formula is C14H28. The molecule has 0 aromatic heterocycles. The van der Waals surface area contributed by atoms with E-state index in [0.29, 0.717) is 0 Å². The maximum Gasteiger partial charge on any atom is -0.0360 e. The molecule has 0 nitrogen and oxygen atoms in total. The van der Waals surface area contributed by atoms with Gasteiger partial charge in [0.1, 0.15) is 0 Å². The van der Waals surface area contributed by atoms with E-state index in [0.717, 1.165) is 23.7 Å². The minimum absolute atomic E-state index is 0.879. The lowest BCUT2D eigenvalue weighted by atomic mass is 9.72. The zero-order chi connectivity index (χ0) is 10.6. The van der Waals surface area contributed by atoms with E-state index in [1.165, 1.54) is 38.5 Å². The number of hydrogen-bond acceptors (Lipinski definition) is 0. The Morgan fingerprint density at radius 1 is 0.929 bits per heavy atom. The third-order valence-corrected chi connectivity index (χ3v) is 3.86. The fraction of sp³-hybridized carbons (Fsp3) is 1.00. The molecule has 0 N–H and O–H groups in total. The van der Waals surface area contributed by atoms with Crippen LogP contribution in [0.2, 0.25) is 0 Å². The number of hydrogen-bond donors (Lipinski definition) is 0. The lowest BCUT2D eigenvalue weighted by Crippen LogP contribution is -2.24. The van der Waals surface area contributed by atoms with Crippen LogP contribution in [0.15, 0.2) is 0 Å². The third-order valence-electron chi connectivity index (χ3n) is 3.86. The second-order valence-electron chi connectivity index (χ2n) is 5.94. The molecule has 0 aromatic rings. The molecule has 0 aliphatic heterocycles. The Morgan fingerprint density at radius 2 is 1.50 bits per heavy atom. The van der Waals surface area contributed by atoms with E-state index in [1.807, 2.05) is 0 Å². The highest BCUT2D eigenvalue weighted by Gasteiger charge is 2.26. The van der Waals surface area contributed by atoms with Crippen molar-refractivity contribution in [1.82, 2.24) is 0 Å². The first kappa shape index (κ1) is 12.1. The van der Waals surface area contributed by atoms with Crippen LogP contribution in [0.25, 0.3) is 0 Å². The Morgan fingerprint density at radius 3 is 1.93 bits per heavy atom. The van der Waals surface area contributed by atoms with E-state index in [-0.39, 0.29) is 0 Å². The Kier molecular flexibility index (Phi) is 4.98. The van der Waals surface area contributed by atoms with Crippen molar-refractivity contribution in [2.45, 2.75) is 66.2 Å². The molecule has 1 unspecified atom stereocenters. The molecule has 0 spiro atoms. The summed E-state index contributed by atoms with van der Waals surface area (Å²) in [6.07, 6.45) is 8.94. The van der Waals surface area contributed by atoms with Crippen molar-refractivity contribution < 1.29 is 0 Å². The molecular weight excluding hydrogens is 168 g/mol. The van der Waals surface area contributed by atoms with Crippen molar-refractivity contribution in [3.63, 3.8) is 0 Å². The van der Waals surface area contributed by atoms with Gasteiger partial charge in [-0.15, -0.1) is 0 Å². The Hall–Kier alpha value is 0. The maximum atomic E-state index is 2.42. The molecule has 0 saturated heterocycles. The molecule has 0 heteroatoms. The molecule has 0 heterocycles. The molecule has 1 aliphatic rings. The summed E-state index contributed by atoms with van der Waals surface area (Å²) < 4.78 is 0.